The molecule has 2 atom stereocenters. The normalized spacial score (nSPS) is 22.9. The summed E-state index contributed by atoms with van der Waals surface area (Å²) in [5, 5.41) is 15.8. The third-order valence-electron chi connectivity index (χ3n) is 4.71. The Kier molecular flexibility index (Phi) is 3.23. The molecule has 116 valence electrons. The maximum atomic E-state index is 11.1. The minimum absolute atomic E-state index is 0.181. The molecule has 2 unspecified atom stereocenters. The molecular formula is C16H16N6O. The molecule has 7 heteroatoms. The molecule has 2 saturated heterocycles. The number of nitrogens with zero attached hydrogens (tertiary/aromatic N) is 5. The van der Waals surface area contributed by atoms with E-state index in [9.17, 15) is 10.1 Å². The first-order chi connectivity index (χ1) is 11.2. The molecule has 0 amide bonds. The summed E-state index contributed by atoms with van der Waals surface area (Å²) >= 11 is 0. The number of hydrogen-bond acceptors (Lipinski definition) is 6. The number of nitriles is 1. The zero-order valence-corrected chi connectivity index (χ0v) is 12.5. The fourth-order valence-corrected chi connectivity index (χ4v) is 3.63. The Bertz CT molecular complexity index is 791. The molecule has 2 aromatic heterocycles. The molecule has 4 heterocycles. The van der Waals surface area contributed by atoms with Gasteiger partial charge in [-0.2, -0.15) is 10.4 Å². The van der Waals surface area contributed by atoms with Gasteiger partial charge in [-0.25, -0.2) is 10.1 Å². The molecule has 0 aromatic carbocycles. The topological polar surface area (TPSA) is 88.9 Å². The lowest BCUT2D eigenvalue weighted by molar-refractivity contribution is 0.533. The second-order valence-corrected chi connectivity index (χ2v) is 6.09. The summed E-state index contributed by atoms with van der Waals surface area (Å²) in [4.78, 5) is 19.7. The van der Waals surface area contributed by atoms with Crippen molar-refractivity contribution in [2.45, 2.75) is 0 Å². The number of pyridine rings is 1. The summed E-state index contributed by atoms with van der Waals surface area (Å²) in [6.07, 6.45) is 1.66. The van der Waals surface area contributed by atoms with Gasteiger partial charge in [0.05, 0.1) is 5.69 Å². The van der Waals surface area contributed by atoms with E-state index in [1.807, 2.05) is 12.1 Å². The van der Waals surface area contributed by atoms with Gasteiger partial charge in [-0.15, -0.1) is 0 Å². The maximum absolute atomic E-state index is 11.1. The Hall–Kier alpha value is -2.88. The molecule has 0 radical (unpaired) electrons. The molecule has 2 aromatic rings. The molecule has 0 spiro atoms. The van der Waals surface area contributed by atoms with Gasteiger partial charge in [0, 0.05) is 50.3 Å². The lowest BCUT2D eigenvalue weighted by atomic mass is 10.0. The van der Waals surface area contributed by atoms with E-state index in [1.165, 1.54) is 6.07 Å². The number of nitrogens with one attached hydrogen (secondary N) is 1. The predicted molar refractivity (Wildman–Crippen MR) is 85.2 cm³/mol. The number of fused-ring (bicyclic) bond motifs is 1. The van der Waals surface area contributed by atoms with Gasteiger partial charge in [0.15, 0.2) is 5.69 Å². The molecule has 0 aliphatic carbocycles. The van der Waals surface area contributed by atoms with Crippen molar-refractivity contribution >= 4 is 11.5 Å². The average Bonchev–Trinajstić information content (AvgIpc) is 3.14. The number of H-pyrrole nitrogens is 1. The lowest BCUT2D eigenvalue weighted by Gasteiger charge is -2.23. The van der Waals surface area contributed by atoms with Gasteiger partial charge in [0.1, 0.15) is 11.9 Å². The van der Waals surface area contributed by atoms with Gasteiger partial charge < -0.3 is 9.80 Å². The summed E-state index contributed by atoms with van der Waals surface area (Å²) in [5.74, 6) is 1.90. The van der Waals surface area contributed by atoms with E-state index in [4.69, 9.17) is 0 Å². The van der Waals surface area contributed by atoms with Crippen LogP contribution in [-0.2, 0) is 0 Å². The van der Waals surface area contributed by atoms with Gasteiger partial charge in [-0.1, -0.05) is 0 Å². The minimum Gasteiger partial charge on any atom is -0.368 e. The third kappa shape index (κ3) is 2.42. The minimum atomic E-state index is -0.181. The highest BCUT2D eigenvalue weighted by atomic mass is 16.1. The lowest BCUT2D eigenvalue weighted by Crippen LogP contribution is -2.30. The smallest absolute Gasteiger partial charge is 0.264 e. The van der Waals surface area contributed by atoms with Crippen LogP contribution in [0.1, 0.15) is 5.69 Å². The fraction of sp³-hybridized carbons (Fsp3) is 0.375. The second kappa shape index (κ2) is 5.39. The van der Waals surface area contributed by atoms with Crippen molar-refractivity contribution in [3.63, 3.8) is 0 Å². The Morgan fingerprint density at radius 2 is 1.87 bits per heavy atom. The molecular weight excluding hydrogens is 292 g/mol. The van der Waals surface area contributed by atoms with Gasteiger partial charge in [0.2, 0.25) is 0 Å². The first-order valence-corrected chi connectivity index (χ1v) is 7.65. The van der Waals surface area contributed by atoms with E-state index in [0.717, 1.165) is 37.7 Å². The Balaban J connectivity index is 1.49. The standard InChI is InChI=1S/C16H16N6O/c17-6-13-14(2-1-5-18-13)21-7-11-9-22(10-12(11)8-21)15-3-4-16(23)20-19-15/h1-5,11-12H,7-10H2,(H,20,23). The zero-order chi connectivity index (χ0) is 15.8. The monoisotopic (exact) mass is 308 g/mol. The average molecular weight is 308 g/mol. The summed E-state index contributed by atoms with van der Waals surface area (Å²) < 4.78 is 0. The van der Waals surface area contributed by atoms with Gasteiger partial charge >= 0.3 is 0 Å². The van der Waals surface area contributed by atoms with Crippen LogP contribution in [0.3, 0.4) is 0 Å². The van der Waals surface area contributed by atoms with Crippen molar-refractivity contribution in [2.75, 3.05) is 36.0 Å². The molecule has 0 bridgehead atoms. The second-order valence-electron chi connectivity index (χ2n) is 6.09. The quantitative estimate of drug-likeness (QED) is 0.874. The molecule has 4 rings (SSSR count). The maximum Gasteiger partial charge on any atom is 0.264 e. The molecule has 1 N–H and O–H groups in total. The van der Waals surface area contributed by atoms with Crippen LogP contribution in [0.15, 0.2) is 35.3 Å². The van der Waals surface area contributed by atoms with Gasteiger partial charge in [0.25, 0.3) is 5.56 Å². The van der Waals surface area contributed by atoms with E-state index >= 15 is 0 Å². The molecule has 23 heavy (non-hydrogen) atoms. The van der Waals surface area contributed by atoms with Gasteiger partial charge in [-0.3, -0.25) is 4.79 Å². The Morgan fingerprint density at radius 3 is 2.52 bits per heavy atom. The van der Waals surface area contributed by atoms with Crippen LogP contribution < -0.4 is 15.4 Å². The van der Waals surface area contributed by atoms with Crippen molar-refractivity contribution in [1.82, 2.24) is 15.2 Å². The number of rotatable bonds is 2. The van der Waals surface area contributed by atoms with Crippen molar-refractivity contribution in [3.8, 4) is 6.07 Å². The van der Waals surface area contributed by atoms with E-state index in [1.54, 1.807) is 12.3 Å². The summed E-state index contributed by atoms with van der Waals surface area (Å²) in [5.41, 5.74) is 1.24. The van der Waals surface area contributed by atoms with E-state index < -0.39 is 0 Å². The van der Waals surface area contributed by atoms with Crippen LogP contribution in [0.2, 0.25) is 0 Å². The van der Waals surface area contributed by atoms with E-state index in [-0.39, 0.29) is 5.56 Å². The van der Waals surface area contributed by atoms with E-state index in [2.05, 4.69) is 31.1 Å². The van der Waals surface area contributed by atoms with Crippen LogP contribution in [0.5, 0.6) is 0 Å². The van der Waals surface area contributed by atoms with Crippen LogP contribution in [0.25, 0.3) is 0 Å². The summed E-state index contributed by atoms with van der Waals surface area (Å²) in [6, 6.07) is 9.29. The number of aromatic amines is 1. The molecule has 2 fully saturated rings. The largest absolute Gasteiger partial charge is 0.368 e. The van der Waals surface area contributed by atoms with E-state index in [0.29, 0.717) is 17.5 Å². The van der Waals surface area contributed by atoms with Crippen LogP contribution in [0.4, 0.5) is 11.5 Å². The van der Waals surface area contributed by atoms with Crippen molar-refractivity contribution in [1.29, 1.82) is 5.26 Å². The van der Waals surface area contributed by atoms with Crippen molar-refractivity contribution in [2.24, 2.45) is 11.8 Å². The fourth-order valence-electron chi connectivity index (χ4n) is 3.63. The Morgan fingerprint density at radius 1 is 1.13 bits per heavy atom. The highest BCUT2D eigenvalue weighted by Gasteiger charge is 2.41. The number of aromatic nitrogens is 3. The first-order valence-electron chi connectivity index (χ1n) is 7.65. The zero-order valence-electron chi connectivity index (χ0n) is 12.5. The van der Waals surface area contributed by atoms with Crippen LogP contribution in [0, 0.1) is 23.2 Å². The number of hydrogen-bond donors (Lipinski definition) is 1. The number of anilines is 2. The summed E-state index contributed by atoms with van der Waals surface area (Å²) in [7, 11) is 0. The van der Waals surface area contributed by atoms with Crippen molar-refractivity contribution < 1.29 is 0 Å². The molecule has 2 aliphatic heterocycles. The van der Waals surface area contributed by atoms with Crippen LogP contribution in [-0.4, -0.2) is 41.4 Å². The first kappa shape index (κ1) is 13.8. The van der Waals surface area contributed by atoms with Gasteiger partial charge in [-0.05, 0) is 18.2 Å². The third-order valence-corrected chi connectivity index (χ3v) is 4.71. The Labute approximate surface area is 133 Å². The molecule has 0 saturated carbocycles. The predicted octanol–water partition coefficient (Wildman–Crippen LogP) is 0.609. The highest BCUT2D eigenvalue weighted by molar-refractivity contribution is 5.57. The van der Waals surface area contributed by atoms with Crippen LogP contribution >= 0.6 is 0 Å². The molecule has 2 aliphatic rings. The SMILES string of the molecule is N#Cc1ncccc1N1CC2CN(c3ccc(=O)[nH]n3)CC2C1. The highest BCUT2D eigenvalue weighted by Crippen LogP contribution is 2.35. The molecule has 7 nitrogen and oxygen atoms in total. The summed E-state index contributed by atoms with van der Waals surface area (Å²) in [6.45, 7) is 3.68. The van der Waals surface area contributed by atoms with Crippen molar-refractivity contribution in [3.05, 3.63) is 46.5 Å².